The summed E-state index contributed by atoms with van der Waals surface area (Å²) < 4.78 is 0. The zero-order chi connectivity index (χ0) is 12.7. The summed E-state index contributed by atoms with van der Waals surface area (Å²) in [5.74, 6) is 2.82. The van der Waals surface area contributed by atoms with Gasteiger partial charge in [0.05, 0.1) is 12.1 Å². The van der Waals surface area contributed by atoms with E-state index in [1.165, 1.54) is 6.42 Å². The van der Waals surface area contributed by atoms with Gasteiger partial charge in [0.2, 0.25) is 5.91 Å². The van der Waals surface area contributed by atoms with Crippen LogP contribution < -0.4 is 5.32 Å². The Morgan fingerprint density at radius 3 is 2.35 bits per heavy atom. The number of amides is 1. The molecule has 1 amide bonds. The molecule has 3 heteroatoms. The number of nitrogens with zero attached hydrogens (tertiary/aromatic N) is 1. The van der Waals surface area contributed by atoms with Crippen LogP contribution in [0.5, 0.6) is 0 Å². The van der Waals surface area contributed by atoms with Gasteiger partial charge in [0.15, 0.2) is 0 Å². The summed E-state index contributed by atoms with van der Waals surface area (Å²) >= 11 is 0. The summed E-state index contributed by atoms with van der Waals surface area (Å²) in [6.07, 6.45) is 10.6. The predicted molar refractivity (Wildman–Crippen MR) is 70.6 cm³/mol. The van der Waals surface area contributed by atoms with Gasteiger partial charge in [-0.15, -0.1) is 6.42 Å². The van der Waals surface area contributed by atoms with E-state index in [-0.39, 0.29) is 5.91 Å². The van der Waals surface area contributed by atoms with E-state index in [9.17, 15) is 4.79 Å². The summed E-state index contributed by atoms with van der Waals surface area (Å²) in [6.45, 7) is 6.08. The molecule has 0 aliphatic heterocycles. The Kier molecular flexibility index (Phi) is 5.50. The van der Waals surface area contributed by atoms with Crippen molar-refractivity contribution in [3.8, 4) is 12.3 Å². The Balaban J connectivity index is 2.81. The molecular weight excluding hydrogens is 212 g/mol. The third kappa shape index (κ3) is 3.23. The minimum atomic E-state index is -0.392. The van der Waals surface area contributed by atoms with Crippen LogP contribution in [0.4, 0.5) is 0 Å². The normalized spacial score (nSPS) is 18.4. The van der Waals surface area contributed by atoms with E-state index >= 15 is 0 Å². The lowest BCUT2D eigenvalue weighted by Gasteiger charge is -2.39. The summed E-state index contributed by atoms with van der Waals surface area (Å²) in [5.41, 5.74) is -0.392. The van der Waals surface area contributed by atoms with Crippen molar-refractivity contribution >= 4 is 5.91 Å². The van der Waals surface area contributed by atoms with Gasteiger partial charge in [-0.3, -0.25) is 10.1 Å². The Morgan fingerprint density at radius 2 is 1.88 bits per heavy atom. The molecule has 0 saturated heterocycles. The molecular formula is C14H24N2O. The molecule has 1 rings (SSSR count). The van der Waals surface area contributed by atoms with Crippen molar-refractivity contribution in [1.82, 2.24) is 10.2 Å². The molecule has 0 aromatic rings. The molecule has 0 spiro atoms. The van der Waals surface area contributed by atoms with Gasteiger partial charge in [-0.2, -0.15) is 0 Å². The third-order valence-electron chi connectivity index (χ3n) is 3.70. The van der Waals surface area contributed by atoms with E-state index in [4.69, 9.17) is 6.42 Å². The number of hydrogen-bond acceptors (Lipinski definition) is 2. The lowest BCUT2D eigenvalue weighted by Crippen LogP contribution is -2.59. The van der Waals surface area contributed by atoms with Crippen molar-refractivity contribution in [3.05, 3.63) is 0 Å². The zero-order valence-corrected chi connectivity index (χ0v) is 11.1. The lowest BCUT2D eigenvalue weighted by molar-refractivity contribution is -0.139. The molecule has 3 nitrogen and oxygen atoms in total. The van der Waals surface area contributed by atoms with Gasteiger partial charge in [0.25, 0.3) is 0 Å². The quantitative estimate of drug-likeness (QED) is 0.738. The molecule has 1 saturated carbocycles. The van der Waals surface area contributed by atoms with Crippen molar-refractivity contribution in [1.29, 1.82) is 0 Å². The molecule has 1 fully saturated rings. The Labute approximate surface area is 105 Å². The standard InChI is InChI=1S/C14H24N2O/c1-4-12-15-14(10-8-7-9-11-14)13(17)16(5-2)6-3/h1,15H,5-12H2,2-3H3. The highest BCUT2D eigenvalue weighted by atomic mass is 16.2. The first-order chi connectivity index (χ1) is 8.20. The van der Waals surface area contributed by atoms with Gasteiger partial charge in [0.1, 0.15) is 0 Å². The SMILES string of the molecule is C#CCNC1(C(=O)N(CC)CC)CCCCC1. The molecule has 0 radical (unpaired) electrons. The van der Waals surface area contributed by atoms with Crippen molar-refractivity contribution < 1.29 is 4.79 Å². The van der Waals surface area contributed by atoms with Gasteiger partial charge < -0.3 is 4.90 Å². The molecule has 0 aromatic heterocycles. The molecule has 0 aromatic carbocycles. The zero-order valence-electron chi connectivity index (χ0n) is 11.1. The summed E-state index contributed by atoms with van der Waals surface area (Å²) in [7, 11) is 0. The first kappa shape index (κ1) is 14.1. The van der Waals surface area contributed by atoms with Gasteiger partial charge >= 0.3 is 0 Å². The van der Waals surface area contributed by atoms with E-state index in [0.717, 1.165) is 38.8 Å². The predicted octanol–water partition coefficient (Wildman–Crippen LogP) is 1.78. The van der Waals surface area contributed by atoms with Crippen LogP contribution in [0.15, 0.2) is 0 Å². The second-order valence-electron chi connectivity index (χ2n) is 4.68. The first-order valence-corrected chi connectivity index (χ1v) is 6.68. The van der Waals surface area contributed by atoms with Crippen molar-refractivity contribution in [2.24, 2.45) is 0 Å². The van der Waals surface area contributed by atoms with Gasteiger partial charge in [-0.25, -0.2) is 0 Å². The lowest BCUT2D eigenvalue weighted by atomic mass is 9.80. The van der Waals surface area contributed by atoms with Crippen LogP contribution >= 0.6 is 0 Å². The molecule has 1 N–H and O–H groups in total. The van der Waals surface area contributed by atoms with Crippen LogP contribution in [0, 0.1) is 12.3 Å². The maximum atomic E-state index is 12.6. The van der Waals surface area contributed by atoms with Gasteiger partial charge in [0, 0.05) is 13.1 Å². The second kappa shape index (κ2) is 6.66. The number of terminal acetylenes is 1. The monoisotopic (exact) mass is 236 g/mol. The summed E-state index contributed by atoms with van der Waals surface area (Å²) in [5, 5.41) is 3.31. The van der Waals surface area contributed by atoms with E-state index in [2.05, 4.69) is 11.2 Å². The first-order valence-electron chi connectivity index (χ1n) is 6.68. The molecule has 17 heavy (non-hydrogen) atoms. The van der Waals surface area contributed by atoms with Crippen LogP contribution in [0.2, 0.25) is 0 Å². The van der Waals surface area contributed by atoms with Gasteiger partial charge in [-0.05, 0) is 26.7 Å². The maximum absolute atomic E-state index is 12.6. The van der Waals surface area contributed by atoms with Crippen LogP contribution in [0.25, 0.3) is 0 Å². The van der Waals surface area contributed by atoms with Crippen LogP contribution in [-0.2, 0) is 4.79 Å². The average Bonchev–Trinajstić information content (AvgIpc) is 2.38. The fraction of sp³-hybridized carbons (Fsp3) is 0.786. The summed E-state index contributed by atoms with van der Waals surface area (Å²) in [4.78, 5) is 14.5. The molecule has 96 valence electrons. The minimum Gasteiger partial charge on any atom is -0.342 e. The maximum Gasteiger partial charge on any atom is 0.242 e. The fourth-order valence-electron chi connectivity index (χ4n) is 2.66. The number of carbonyl (C=O) groups excluding carboxylic acids is 1. The minimum absolute atomic E-state index is 0.234. The molecule has 0 bridgehead atoms. The van der Waals surface area contributed by atoms with Crippen molar-refractivity contribution in [3.63, 3.8) is 0 Å². The highest BCUT2D eigenvalue weighted by Crippen LogP contribution is 2.30. The largest absolute Gasteiger partial charge is 0.342 e. The van der Waals surface area contributed by atoms with E-state index in [0.29, 0.717) is 6.54 Å². The Bertz CT molecular complexity index is 283. The number of hydrogen-bond donors (Lipinski definition) is 1. The number of rotatable bonds is 5. The number of likely N-dealkylation sites (N-methyl/N-ethyl adjacent to an activating group) is 1. The van der Waals surface area contributed by atoms with E-state index in [1.807, 2.05) is 18.7 Å². The summed E-state index contributed by atoms with van der Waals surface area (Å²) in [6, 6.07) is 0. The van der Waals surface area contributed by atoms with E-state index in [1.54, 1.807) is 0 Å². The highest BCUT2D eigenvalue weighted by molar-refractivity contribution is 5.86. The van der Waals surface area contributed by atoms with Crippen molar-refractivity contribution in [2.75, 3.05) is 19.6 Å². The molecule has 1 aliphatic carbocycles. The molecule has 0 unspecified atom stereocenters. The highest BCUT2D eigenvalue weighted by Gasteiger charge is 2.40. The second-order valence-corrected chi connectivity index (χ2v) is 4.68. The Morgan fingerprint density at radius 1 is 1.29 bits per heavy atom. The topological polar surface area (TPSA) is 32.3 Å². The molecule has 0 heterocycles. The number of carbonyl (C=O) groups is 1. The molecule has 0 atom stereocenters. The Hall–Kier alpha value is -1.01. The smallest absolute Gasteiger partial charge is 0.242 e. The molecule has 1 aliphatic rings. The average molecular weight is 236 g/mol. The van der Waals surface area contributed by atoms with E-state index < -0.39 is 5.54 Å². The van der Waals surface area contributed by atoms with Crippen LogP contribution in [0.3, 0.4) is 0 Å². The number of nitrogens with one attached hydrogen (secondary N) is 1. The van der Waals surface area contributed by atoms with Gasteiger partial charge in [-0.1, -0.05) is 25.2 Å². The van der Waals surface area contributed by atoms with Crippen LogP contribution in [-0.4, -0.2) is 36.0 Å². The third-order valence-corrected chi connectivity index (χ3v) is 3.70. The van der Waals surface area contributed by atoms with Crippen LogP contribution in [0.1, 0.15) is 46.0 Å². The van der Waals surface area contributed by atoms with Crippen molar-refractivity contribution in [2.45, 2.75) is 51.5 Å². The fourth-order valence-corrected chi connectivity index (χ4v) is 2.66.